The second-order valence-corrected chi connectivity index (χ2v) is 5.72. The molecule has 0 amide bonds. The van der Waals surface area contributed by atoms with Crippen LogP contribution in [0.2, 0.25) is 0 Å². The van der Waals surface area contributed by atoms with Gasteiger partial charge in [-0.15, -0.1) is 0 Å². The van der Waals surface area contributed by atoms with Crippen LogP contribution in [0.3, 0.4) is 0 Å². The van der Waals surface area contributed by atoms with E-state index in [-0.39, 0.29) is 0 Å². The number of aromatic nitrogens is 2. The van der Waals surface area contributed by atoms with Gasteiger partial charge >= 0.3 is 0 Å². The third-order valence-electron chi connectivity index (χ3n) is 4.04. The number of nitrogens with zero attached hydrogens (tertiary/aromatic N) is 2. The largest absolute Gasteiger partial charge is 0.372 e. The minimum atomic E-state index is 0.771. The van der Waals surface area contributed by atoms with Crippen molar-refractivity contribution in [2.24, 2.45) is 0 Å². The number of nitrogens with one attached hydrogen (secondary N) is 1. The molecule has 0 saturated carbocycles. The van der Waals surface area contributed by atoms with Gasteiger partial charge < -0.3 is 9.88 Å². The molecular formula is C16H21N3S. The Balaban J connectivity index is 1.89. The van der Waals surface area contributed by atoms with Crippen molar-refractivity contribution in [3.8, 4) is 5.69 Å². The topological polar surface area (TPSA) is 24.0 Å². The SMILES string of the molecule is CCc1c[nH]c(=S)n1-c1ccc(N2CCCCC2)cc1. The molecule has 1 saturated heterocycles. The molecule has 0 spiro atoms. The zero-order valence-electron chi connectivity index (χ0n) is 11.9. The number of aryl methyl sites for hydroxylation is 1. The number of anilines is 1. The number of piperidine rings is 1. The molecule has 1 fully saturated rings. The molecule has 1 aliphatic rings. The van der Waals surface area contributed by atoms with Crippen molar-refractivity contribution < 1.29 is 0 Å². The Hall–Kier alpha value is -1.55. The van der Waals surface area contributed by atoms with Gasteiger partial charge in [0.1, 0.15) is 0 Å². The molecule has 1 aromatic carbocycles. The molecule has 4 heteroatoms. The first-order valence-electron chi connectivity index (χ1n) is 7.44. The fourth-order valence-electron chi connectivity index (χ4n) is 2.91. The van der Waals surface area contributed by atoms with Crippen LogP contribution in [-0.4, -0.2) is 22.6 Å². The van der Waals surface area contributed by atoms with E-state index in [4.69, 9.17) is 12.2 Å². The van der Waals surface area contributed by atoms with Crippen LogP contribution in [0.1, 0.15) is 31.9 Å². The molecule has 20 heavy (non-hydrogen) atoms. The Bertz CT molecular complexity index is 618. The first kappa shape index (κ1) is 13.4. The van der Waals surface area contributed by atoms with Gasteiger partial charge in [0, 0.05) is 36.4 Å². The molecular weight excluding hydrogens is 266 g/mol. The van der Waals surface area contributed by atoms with Crippen molar-refractivity contribution in [2.75, 3.05) is 18.0 Å². The normalized spacial score (nSPS) is 15.6. The number of benzene rings is 1. The second kappa shape index (κ2) is 5.83. The van der Waals surface area contributed by atoms with Crippen LogP contribution < -0.4 is 4.90 Å². The van der Waals surface area contributed by atoms with Gasteiger partial charge in [0.25, 0.3) is 0 Å². The van der Waals surface area contributed by atoms with Gasteiger partial charge in [0.2, 0.25) is 0 Å². The van der Waals surface area contributed by atoms with E-state index >= 15 is 0 Å². The van der Waals surface area contributed by atoms with Gasteiger partial charge in [-0.2, -0.15) is 0 Å². The van der Waals surface area contributed by atoms with Crippen LogP contribution in [0, 0.1) is 4.77 Å². The van der Waals surface area contributed by atoms with Gasteiger partial charge in [0.05, 0.1) is 0 Å². The van der Waals surface area contributed by atoms with Gasteiger partial charge in [0.15, 0.2) is 4.77 Å². The standard InChI is InChI=1S/C16H21N3S/c1-2-13-12-17-16(20)19(13)15-8-6-14(7-9-15)18-10-4-3-5-11-18/h6-9,12H,2-5,10-11H2,1H3,(H,17,20). The lowest BCUT2D eigenvalue weighted by Gasteiger charge is -2.28. The average molecular weight is 287 g/mol. The summed E-state index contributed by atoms with van der Waals surface area (Å²) < 4.78 is 2.89. The summed E-state index contributed by atoms with van der Waals surface area (Å²) >= 11 is 5.38. The number of imidazole rings is 1. The van der Waals surface area contributed by atoms with E-state index in [1.54, 1.807) is 0 Å². The highest BCUT2D eigenvalue weighted by Crippen LogP contribution is 2.22. The van der Waals surface area contributed by atoms with Crippen LogP contribution in [-0.2, 0) is 6.42 Å². The van der Waals surface area contributed by atoms with Crippen molar-refractivity contribution in [1.82, 2.24) is 9.55 Å². The fourth-order valence-corrected chi connectivity index (χ4v) is 3.19. The molecule has 2 aromatic rings. The van der Waals surface area contributed by atoms with Crippen LogP contribution in [0.15, 0.2) is 30.5 Å². The molecule has 3 nitrogen and oxygen atoms in total. The highest BCUT2D eigenvalue weighted by molar-refractivity contribution is 7.71. The van der Waals surface area contributed by atoms with Crippen LogP contribution in [0.5, 0.6) is 0 Å². The summed E-state index contributed by atoms with van der Waals surface area (Å²) in [6.07, 6.45) is 6.96. The lowest BCUT2D eigenvalue weighted by Crippen LogP contribution is -2.29. The van der Waals surface area contributed by atoms with E-state index in [1.807, 2.05) is 6.20 Å². The molecule has 0 radical (unpaired) electrons. The summed E-state index contributed by atoms with van der Waals surface area (Å²) in [7, 11) is 0. The summed E-state index contributed by atoms with van der Waals surface area (Å²) in [5.74, 6) is 0. The van der Waals surface area contributed by atoms with Crippen molar-refractivity contribution in [2.45, 2.75) is 32.6 Å². The van der Waals surface area contributed by atoms with E-state index < -0.39 is 0 Å². The lowest BCUT2D eigenvalue weighted by molar-refractivity contribution is 0.578. The maximum Gasteiger partial charge on any atom is 0.182 e. The van der Waals surface area contributed by atoms with E-state index in [9.17, 15) is 0 Å². The van der Waals surface area contributed by atoms with E-state index in [0.717, 1.165) is 16.9 Å². The summed E-state index contributed by atoms with van der Waals surface area (Å²) in [4.78, 5) is 5.61. The first-order valence-corrected chi connectivity index (χ1v) is 7.85. The quantitative estimate of drug-likeness (QED) is 0.860. The number of rotatable bonds is 3. The predicted molar refractivity (Wildman–Crippen MR) is 86.4 cm³/mol. The third-order valence-corrected chi connectivity index (χ3v) is 4.34. The number of hydrogen-bond donors (Lipinski definition) is 1. The minimum absolute atomic E-state index is 0.771. The maximum atomic E-state index is 5.38. The molecule has 0 aliphatic carbocycles. The summed E-state index contributed by atoms with van der Waals surface area (Å²) in [6.45, 7) is 4.52. The monoisotopic (exact) mass is 287 g/mol. The molecule has 0 atom stereocenters. The average Bonchev–Trinajstić information content (AvgIpc) is 2.89. The fraction of sp³-hybridized carbons (Fsp3) is 0.438. The zero-order chi connectivity index (χ0) is 13.9. The predicted octanol–water partition coefficient (Wildman–Crippen LogP) is 4.09. The smallest absolute Gasteiger partial charge is 0.182 e. The Morgan fingerprint density at radius 1 is 1.05 bits per heavy atom. The molecule has 1 aromatic heterocycles. The third kappa shape index (κ3) is 2.52. The molecule has 0 bridgehead atoms. The zero-order valence-corrected chi connectivity index (χ0v) is 12.7. The second-order valence-electron chi connectivity index (χ2n) is 5.34. The van der Waals surface area contributed by atoms with Crippen LogP contribution in [0.25, 0.3) is 5.69 Å². The highest BCUT2D eigenvalue weighted by atomic mass is 32.1. The molecule has 2 heterocycles. The lowest BCUT2D eigenvalue weighted by atomic mass is 10.1. The van der Waals surface area contributed by atoms with Gasteiger partial charge in [-0.25, -0.2) is 0 Å². The Morgan fingerprint density at radius 2 is 1.70 bits per heavy atom. The number of hydrogen-bond acceptors (Lipinski definition) is 2. The summed E-state index contributed by atoms with van der Waals surface area (Å²) in [5.41, 5.74) is 3.70. The Labute approximate surface area is 125 Å². The van der Waals surface area contributed by atoms with E-state index in [0.29, 0.717) is 0 Å². The van der Waals surface area contributed by atoms with E-state index in [1.165, 1.54) is 43.7 Å². The first-order chi connectivity index (χ1) is 9.79. The van der Waals surface area contributed by atoms with E-state index in [2.05, 4.69) is 45.6 Å². The summed E-state index contributed by atoms with van der Waals surface area (Å²) in [5, 5.41) is 0. The molecule has 106 valence electrons. The van der Waals surface area contributed by atoms with Crippen LogP contribution >= 0.6 is 12.2 Å². The molecule has 1 N–H and O–H groups in total. The highest BCUT2D eigenvalue weighted by Gasteiger charge is 2.11. The Kier molecular flexibility index (Phi) is 3.92. The van der Waals surface area contributed by atoms with Crippen LogP contribution in [0.4, 0.5) is 5.69 Å². The van der Waals surface area contributed by atoms with Crippen molar-refractivity contribution in [3.05, 3.63) is 40.9 Å². The number of H-pyrrole nitrogens is 1. The van der Waals surface area contributed by atoms with Crippen molar-refractivity contribution in [1.29, 1.82) is 0 Å². The van der Waals surface area contributed by atoms with Gasteiger partial charge in [-0.1, -0.05) is 6.92 Å². The summed E-state index contributed by atoms with van der Waals surface area (Å²) in [6, 6.07) is 8.78. The molecule has 3 rings (SSSR count). The van der Waals surface area contributed by atoms with Crippen molar-refractivity contribution >= 4 is 17.9 Å². The molecule has 1 aliphatic heterocycles. The maximum absolute atomic E-state index is 5.38. The van der Waals surface area contributed by atoms with Crippen molar-refractivity contribution in [3.63, 3.8) is 0 Å². The minimum Gasteiger partial charge on any atom is -0.372 e. The number of aromatic amines is 1. The van der Waals surface area contributed by atoms with Gasteiger partial charge in [-0.05, 0) is 62.2 Å². The molecule has 0 unspecified atom stereocenters. The van der Waals surface area contributed by atoms with Gasteiger partial charge in [-0.3, -0.25) is 4.57 Å². The Morgan fingerprint density at radius 3 is 2.35 bits per heavy atom.